The van der Waals surface area contributed by atoms with Crippen molar-refractivity contribution in [1.29, 1.82) is 0 Å². The Morgan fingerprint density at radius 1 is 1.56 bits per heavy atom. The molecular weight excluding hydrogens is 210 g/mol. The molecule has 5 heteroatoms. The summed E-state index contributed by atoms with van der Waals surface area (Å²) in [5.41, 5.74) is 1.78. The summed E-state index contributed by atoms with van der Waals surface area (Å²) in [6.45, 7) is 2.05. The zero-order valence-corrected chi connectivity index (χ0v) is 9.34. The van der Waals surface area contributed by atoms with Crippen LogP contribution in [0.25, 0.3) is 0 Å². The maximum absolute atomic E-state index is 10.5. The number of nitro benzene ring substituents is 1. The average Bonchev–Trinajstić information content (AvgIpc) is 2.21. The second-order valence-electron chi connectivity index (χ2n) is 3.68. The average molecular weight is 225 g/mol. The van der Waals surface area contributed by atoms with Gasteiger partial charge in [0.15, 0.2) is 0 Å². The standard InChI is InChI=1S/C11H15NO4/c1-8-5-10(12(14)15)4-3-9(8)6-11(13)7-16-2/h3-5,11,13H,6-7H2,1-2H3. The first kappa shape index (κ1) is 12.6. The summed E-state index contributed by atoms with van der Waals surface area (Å²) >= 11 is 0. The van der Waals surface area contributed by atoms with Gasteiger partial charge in [0.1, 0.15) is 0 Å². The van der Waals surface area contributed by atoms with Gasteiger partial charge in [-0.3, -0.25) is 10.1 Å². The van der Waals surface area contributed by atoms with Gasteiger partial charge in [-0.15, -0.1) is 0 Å². The zero-order valence-electron chi connectivity index (χ0n) is 9.34. The van der Waals surface area contributed by atoms with Crippen LogP contribution in [-0.2, 0) is 11.2 Å². The van der Waals surface area contributed by atoms with Gasteiger partial charge in [0.25, 0.3) is 5.69 Å². The summed E-state index contributed by atoms with van der Waals surface area (Å²) < 4.78 is 4.82. The quantitative estimate of drug-likeness (QED) is 0.608. The van der Waals surface area contributed by atoms with Crippen LogP contribution in [0.1, 0.15) is 11.1 Å². The fourth-order valence-electron chi connectivity index (χ4n) is 1.53. The highest BCUT2D eigenvalue weighted by molar-refractivity contribution is 5.39. The van der Waals surface area contributed by atoms with Crippen molar-refractivity contribution in [1.82, 2.24) is 0 Å². The van der Waals surface area contributed by atoms with E-state index in [2.05, 4.69) is 0 Å². The van der Waals surface area contributed by atoms with Gasteiger partial charge in [-0.05, 0) is 18.1 Å². The molecule has 1 rings (SSSR count). The Bertz CT molecular complexity index is 378. The molecule has 16 heavy (non-hydrogen) atoms. The molecule has 0 spiro atoms. The van der Waals surface area contributed by atoms with Gasteiger partial charge in [-0.1, -0.05) is 6.07 Å². The Kier molecular flexibility index (Phi) is 4.39. The van der Waals surface area contributed by atoms with Crippen LogP contribution < -0.4 is 0 Å². The van der Waals surface area contributed by atoms with Gasteiger partial charge in [0.05, 0.1) is 17.6 Å². The predicted octanol–water partition coefficient (Wildman–Crippen LogP) is 1.45. The van der Waals surface area contributed by atoms with Crippen LogP contribution in [0.15, 0.2) is 18.2 Å². The molecule has 1 aromatic rings. The molecule has 0 fully saturated rings. The van der Waals surface area contributed by atoms with Gasteiger partial charge < -0.3 is 9.84 Å². The molecule has 0 amide bonds. The molecule has 0 aromatic heterocycles. The van der Waals surface area contributed by atoms with E-state index >= 15 is 0 Å². The first-order chi connectivity index (χ1) is 7.54. The fraction of sp³-hybridized carbons (Fsp3) is 0.455. The number of ether oxygens (including phenoxy) is 1. The van der Waals surface area contributed by atoms with Crippen molar-refractivity contribution >= 4 is 5.69 Å². The summed E-state index contributed by atoms with van der Waals surface area (Å²) in [6, 6.07) is 4.63. The highest BCUT2D eigenvalue weighted by Crippen LogP contribution is 2.18. The molecular formula is C11H15NO4. The fourth-order valence-corrected chi connectivity index (χ4v) is 1.53. The summed E-state index contributed by atoms with van der Waals surface area (Å²) in [7, 11) is 1.52. The minimum Gasteiger partial charge on any atom is -0.390 e. The summed E-state index contributed by atoms with van der Waals surface area (Å²) in [5, 5.41) is 20.1. The minimum atomic E-state index is -0.579. The smallest absolute Gasteiger partial charge is 0.269 e. The molecule has 0 aliphatic heterocycles. The van der Waals surface area contributed by atoms with E-state index in [4.69, 9.17) is 4.74 Å². The Hall–Kier alpha value is -1.46. The van der Waals surface area contributed by atoms with Crippen molar-refractivity contribution in [2.45, 2.75) is 19.4 Å². The molecule has 0 radical (unpaired) electrons. The van der Waals surface area contributed by atoms with Crippen LogP contribution in [0, 0.1) is 17.0 Å². The molecule has 0 saturated heterocycles. The maximum atomic E-state index is 10.5. The third-order valence-electron chi connectivity index (χ3n) is 2.35. The first-order valence-corrected chi connectivity index (χ1v) is 4.95. The van der Waals surface area contributed by atoms with Gasteiger partial charge in [0.2, 0.25) is 0 Å². The number of aliphatic hydroxyl groups excluding tert-OH is 1. The molecule has 1 N–H and O–H groups in total. The van der Waals surface area contributed by atoms with E-state index in [0.29, 0.717) is 6.42 Å². The number of nitrogens with zero attached hydrogens (tertiary/aromatic N) is 1. The SMILES string of the molecule is COCC(O)Cc1ccc([N+](=O)[O-])cc1C. The largest absolute Gasteiger partial charge is 0.390 e. The van der Waals surface area contributed by atoms with Crippen LogP contribution in [0.3, 0.4) is 0 Å². The van der Waals surface area contributed by atoms with Gasteiger partial charge in [-0.2, -0.15) is 0 Å². The summed E-state index contributed by atoms with van der Waals surface area (Å²) in [6.07, 6.45) is -0.136. The third-order valence-corrected chi connectivity index (χ3v) is 2.35. The lowest BCUT2D eigenvalue weighted by Gasteiger charge is -2.11. The molecule has 0 heterocycles. The number of hydrogen-bond acceptors (Lipinski definition) is 4. The molecule has 1 atom stereocenters. The molecule has 0 aliphatic carbocycles. The molecule has 5 nitrogen and oxygen atoms in total. The lowest BCUT2D eigenvalue weighted by Crippen LogP contribution is -2.17. The second kappa shape index (κ2) is 5.58. The third kappa shape index (κ3) is 3.29. The first-order valence-electron chi connectivity index (χ1n) is 4.95. The van der Waals surface area contributed by atoms with Gasteiger partial charge >= 0.3 is 0 Å². The number of rotatable bonds is 5. The topological polar surface area (TPSA) is 72.6 Å². The maximum Gasteiger partial charge on any atom is 0.269 e. The summed E-state index contributed by atoms with van der Waals surface area (Å²) in [4.78, 5) is 10.1. The molecule has 1 unspecified atom stereocenters. The Balaban J connectivity index is 2.79. The predicted molar refractivity (Wildman–Crippen MR) is 59.4 cm³/mol. The number of methoxy groups -OCH3 is 1. The van der Waals surface area contributed by atoms with Gasteiger partial charge in [-0.25, -0.2) is 0 Å². The number of aryl methyl sites for hydroxylation is 1. The lowest BCUT2D eigenvalue weighted by atomic mass is 10.0. The number of nitro groups is 1. The number of non-ortho nitro benzene ring substituents is 1. The number of benzene rings is 1. The van der Waals surface area contributed by atoms with Crippen LogP contribution in [-0.4, -0.2) is 29.9 Å². The molecule has 88 valence electrons. The molecule has 0 aliphatic rings. The molecule has 0 bridgehead atoms. The van der Waals surface area contributed by atoms with Crippen LogP contribution in [0.5, 0.6) is 0 Å². The van der Waals surface area contributed by atoms with Crippen LogP contribution in [0.2, 0.25) is 0 Å². The minimum absolute atomic E-state index is 0.0717. The molecule has 1 aromatic carbocycles. The number of aliphatic hydroxyl groups is 1. The monoisotopic (exact) mass is 225 g/mol. The van der Waals surface area contributed by atoms with Crippen molar-refractivity contribution in [2.75, 3.05) is 13.7 Å². The van der Waals surface area contributed by atoms with Crippen LogP contribution in [0.4, 0.5) is 5.69 Å². The highest BCUT2D eigenvalue weighted by Gasteiger charge is 2.11. The van der Waals surface area contributed by atoms with E-state index in [1.165, 1.54) is 19.2 Å². The van der Waals surface area contributed by atoms with Crippen molar-refractivity contribution in [2.24, 2.45) is 0 Å². The van der Waals surface area contributed by atoms with E-state index in [-0.39, 0.29) is 12.3 Å². The van der Waals surface area contributed by atoms with Crippen molar-refractivity contribution in [3.8, 4) is 0 Å². The van der Waals surface area contributed by atoms with E-state index < -0.39 is 11.0 Å². The van der Waals surface area contributed by atoms with E-state index in [1.54, 1.807) is 13.0 Å². The van der Waals surface area contributed by atoms with Crippen molar-refractivity contribution < 1.29 is 14.8 Å². The Morgan fingerprint density at radius 2 is 2.25 bits per heavy atom. The molecule has 0 saturated carbocycles. The Morgan fingerprint density at radius 3 is 2.75 bits per heavy atom. The Labute approximate surface area is 93.8 Å². The van der Waals surface area contributed by atoms with Crippen LogP contribution >= 0.6 is 0 Å². The van der Waals surface area contributed by atoms with Crippen molar-refractivity contribution in [3.63, 3.8) is 0 Å². The van der Waals surface area contributed by atoms with Gasteiger partial charge in [0, 0.05) is 25.7 Å². The van der Waals surface area contributed by atoms with E-state index in [1.807, 2.05) is 0 Å². The number of hydrogen-bond donors (Lipinski definition) is 1. The van der Waals surface area contributed by atoms with E-state index in [9.17, 15) is 15.2 Å². The highest BCUT2D eigenvalue weighted by atomic mass is 16.6. The lowest BCUT2D eigenvalue weighted by molar-refractivity contribution is -0.384. The van der Waals surface area contributed by atoms with E-state index in [0.717, 1.165) is 11.1 Å². The normalized spacial score (nSPS) is 12.4. The second-order valence-corrected chi connectivity index (χ2v) is 3.68. The summed E-state index contributed by atoms with van der Waals surface area (Å²) in [5.74, 6) is 0. The van der Waals surface area contributed by atoms with Crippen molar-refractivity contribution in [3.05, 3.63) is 39.4 Å². The zero-order chi connectivity index (χ0) is 12.1.